The van der Waals surface area contributed by atoms with Gasteiger partial charge in [0.05, 0.1) is 32.5 Å². The summed E-state index contributed by atoms with van der Waals surface area (Å²) < 4.78 is 18.9. The Balaban J connectivity index is 2.12. The van der Waals surface area contributed by atoms with Crippen LogP contribution < -0.4 is 14.2 Å². The van der Waals surface area contributed by atoms with E-state index in [2.05, 4.69) is 23.6 Å². The molecule has 0 bridgehead atoms. The van der Waals surface area contributed by atoms with Crippen molar-refractivity contribution in [1.29, 1.82) is 0 Å². The Morgan fingerprint density at radius 2 is 1.68 bits per heavy atom. The summed E-state index contributed by atoms with van der Waals surface area (Å²) >= 11 is 0. The first kappa shape index (κ1) is 20.7. The molecule has 4 rings (SSSR count). The van der Waals surface area contributed by atoms with Crippen molar-refractivity contribution in [2.24, 2.45) is 0 Å². The lowest BCUT2D eigenvalue weighted by atomic mass is 10.1. The molecule has 4 aromatic rings. The lowest BCUT2D eigenvalue weighted by Crippen LogP contribution is -2.02. The smallest absolute Gasteiger partial charge is 0.203 e. The fourth-order valence-corrected chi connectivity index (χ4v) is 4.12. The quantitative estimate of drug-likeness (QED) is 0.354. The largest absolute Gasteiger partial charge is 0.493 e. The summed E-state index contributed by atoms with van der Waals surface area (Å²) in [5, 5.41) is 2.11. The number of aldehydes is 1. The van der Waals surface area contributed by atoms with E-state index in [0.29, 0.717) is 28.6 Å². The molecule has 2 heterocycles. The zero-order chi connectivity index (χ0) is 22.0. The van der Waals surface area contributed by atoms with Crippen molar-refractivity contribution >= 4 is 28.1 Å². The van der Waals surface area contributed by atoms with E-state index in [-0.39, 0.29) is 0 Å². The lowest BCUT2D eigenvalue weighted by Gasteiger charge is -2.15. The monoisotopic (exact) mass is 418 g/mol. The predicted octanol–water partition coefficient (Wildman–Crippen LogP) is 5.49. The van der Waals surface area contributed by atoms with Crippen LogP contribution in [0.25, 0.3) is 33.1 Å². The number of pyridine rings is 1. The van der Waals surface area contributed by atoms with Crippen molar-refractivity contribution < 1.29 is 19.0 Å². The van der Waals surface area contributed by atoms with E-state index >= 15 is 0 Å². The molecule has 0 spiro atoms. The maximum atomic E-state index is 11.8. The highest BCUT2D eigenvalue weighted by molar-refractivity contribution is 6.13. The number of aryl methyl sites for hydroxylation is 1. The number of methoxy groups -OCH3 is 3. The third-order valence-corrected chi connectivity index (χ3v) is 5.56. The average molecular weight is 418 g/mol. The molecule has 2 aromatic heterocycles. The topological polar surface area (TPSA) is 62.6 Å². The van der Waals surface area contributed by atoms with Crippen molar-refractivity contribution in [3.05, 3.63) is 48.2 Å². The highest BCUT2D eigenvalue weighted by atomic mass is 16.5. The van der Waals surface area contributed by atoms with Crippen molar-refractivity contribution in [2.45, 2.75) is 26.3 Å². The van der Waals surface area contributed by atoms with Gasteiger partial charge in [0.15, 0.2) is 17.8 Å². The summed E-state index contributed by atoms with van der Waals surface area (Å²) in [6.45, 7) is 3.04. The minimum absolute atomic E-state index is 0.384. The maximum Gasteiger partial charge on any atom is 0.203 e. The Hall–Kier alpha value is -3.54. The van der Waals surface area contributed by atoms with Crippen LogP contribution in [-0.2, 0) is 6.54 Å². The molecular formula is C25H26N2O4. The molecule has 2 aromatic carbocycles. The van der Waals surface area contributed by atoms with Crippen LogP contribution in [0.1, 0.15) is 30.3 Å². The maximum absolute atomic E-state index is 11.8. The van der Waals surface area contributed by atoms with Crippen LogP contribution in [0.2, 0.25) is 0 Å². The Morgan fingerprint density at radius 3 is 2.29 bits per heavy atom. The van der Waals surface area contributed by atoms with Crippen molar-refractivity contribution in [3.8, 4) is 28.5 Å². The normalized spacial score (nSPS) is 11.1. The minimum atomic E-state index is 0.384. The first-order valence-corrected chi connectivity index (χ1v) is 10.3. The molecule has 0 aliphatic carbocycles. The zero-order valence-electron chi connectivity index (χ0n) is 18.3. The summed E-state index contributed by atoms with van der Waals surface area (Å²) in [7, 11) is 4.75. The van der Waals surface area contributed by atoms with Gasteiger partial charge in [0.2, 0.25) is 5.75 Å². The van der Waals surface area contributed by atoms with Crippen LogP contribution in [0.5, 0.6) is 17.2 Å². The van der Waals surface area contributed by atoms with Gasteiger partial charge in [-0.1, -0.05) is 31.5 Å². The van der Waals surface area contributed by atoms with Crippen LogP contribution in [0, 0.1) is 0 Å². The van der Waals surface area contributed by atoms with Gasteiger partial charge in [-0.3, -0.25) is 4.79 Å². The molecule has 0 fully saturated rings. The summed E-state index contributed by atoms with van der Waals surface area (Å²) in [4.78, 5) is 16.5. The van der Waals surface area contributed by atoms with Gasteiger partial charge in [-0.05, 0) is 30.7 Å². The molecule has 0 unspecified atom stereocenters. The highest BCUT2D eigenvalue weighted by Crippen LogP contribution is 2.43. The lowest BCUT2D eigenvalue weighted by molar-refractivity contribution is 0.111. The second kappa shape index (κ2) is 8.68. The number of carbonyl (C=O) groups excluding carboxylic acids is 1. The van der Waals surface area contributed by atoms with Crippen molar-refractivity contribution in [1.82, 2.24) is 9.55 Å². The predicted molar refractivity (Wildman–Crippen MR) is 123 cm³/mol. The Labute approximate surface area is 181 Å². The Morgan fingerprint density at radius 1 is 0.968 bits per heavy atom. The van der Waals surface area contributed by atoms with Gasteiger partial charge in [0, 0.05) is 28.4 Å². The van der Waals surface area contributed by atoms with E-state index in [4.69, 9.17) is 19.2 Å². The third-order valence-electron chi connectivity index (χ3n) is 5.56. The number of unbranched alkanes of at least 4 members (excludes halogenated alkanes) is 1. The van der Waals surface area contributed by atoms with Crippen molar-refractivity contribution in [2.75, 3.05) is 21.3 Å². The third kappa shape index (κ3) is 3.48. The van der Waals surface area contributed by atoms with Crippen LogP contribution in [-0.4, -0.2) is 37.2 Å². The molecule has 0 aliphatic heterocycles. The van der Waals surface area contributed by atoms with Gasteiger partial charge >= 0.3 is 0 Å². The molecule has 6 heteroatoms. The fraction of sp³-hybridized carbons (Fsp3) is 0.280. The summed E-state index contributed by atoms with van der Waals surface area (Å²) in [5.74, 6) is 1.60. The number of hydrogen-bond donors (Lipinski definition) is 0. The molecule has 160 valence electrons. The fourth-order valence-electron chi connectivity index (χ4n) is 4.12. The number of aromatic nitrogens is 2. The second-order valence-corrected chi connectivity index (χ2v) is 7.35. The van der Waals surface area contributed by atoms with Gasteiger partial charge in [-0.2, -0.15) is 0 Å². The molecule has 0 radical (unpaired) electrons. The highest BCUT2D eigenvalue weighted by Gasteiger charge is 2.21. The van der Waals surface area contributed by atoms with Gasteiger partial charge in [0.1, 0.15) is 5.69 Å². The van der Waals surface area contributed by atoms with E-state index in [9.17, 15) is 4.79 Å². The number of rotatable bonds is 8. The number of fused-ring (bicyclic) bond motifs is 3. The minimum Gasteiger partial charge on any atom is -0.493 e. The zero-order valence-corrected chi connectivity index (χ0v) is 18.3. The number of nitrogens with zero attached hydrogens (tertiary/aromatic N) is 2. The van der Waals surface area contributed by atoms with E-state index in [1.165, 1.54) is 0 Å². The standard InChI is InChI=1S/C25H26N2O4/c1-5-6-11-27-20-10-8-7-9-18(20)19-14-17(15-28)26-23(24(19)27)16-12-21(29-2)25(31-4)22(13-16)30-3/h7-10,12-15H,5-6,11H2,1-4H3. The molecule has 0 N–H and O–H groups in total. The van der Waals surface area contributed by atoms with Gasteiger partial charge < -0.3 is 18.8 Å². The Bertz CT molecular complexity index is 1230. The second-order valence-electron chi connectivity index (χ2n) is 7.35. The van der Waals surface area contributed by atoms with E-state index in [1.54, 1.807) is 21.3 Å². The first-order chi connectivity index (χ1) is 15.2. The van der Waals surface area contributed by atoms with Crippen LogP contribution in [0.3, 0.4) is 0 Å². The van der Waals surface area contributed by atoms with Crippen LogP contribution in [0.15, 0.2) is 42.5 Å². The summed E-state index contributed by atoms with van der Waals surface area (Å²) in [6, 6.07) is 13.9. The number of carbonyl (C=O) groups is 1. The number of ether oxygens (including phenoxy) is 3. The molecule has 0 aliphatic rings. The van der Waals surface area contributed by atoms with Crippen molar-refractivity contribution in [3.63, 3.8) is 0 Å². The number of hydrogen-bond acceptors (Lipinski definition) is 5. The summed E-state index contributed by atoms with van der Waals surface area (Å²) in [6.07, 6.45) is 2.91. The van der Waals surface area contributed by atoms with Crippen LogP contribution in [0.4, 0.5) is 0 Å². The molecule has 6 nitrogen and oxygen atoms in total. The first-order valence-electron chi connectivity index (χ1n) is 10.3. The molecule has 0 saturated heterocycles. The molecule has 0 saturated carbocycles. The van der Waals surface area contributed by atoms with Crippen LogP contribution >= 0.6 is 0 Å². The molecule has 31 heavy (non-hydrogen) atoms. The molecule has 0 atom stereocenters. The SMILES string of the molecule is CCCCn1c2ccccc2c2cc(C=O)nc(-c3cc(OC)c(OC)c(OC)c3)c21. The number of para-hydroxylation sites is 1. The average Bonchev–Trinajstić information content (AvgIpc) is 3.14. The summed E-state index contributed by atoms with van der Waals surface area (Å²) in [5.41, 5.74) is 4.02. The van der Waals surface area contributed by atoms with Gasteiger partial charge in [0.25, 0.3) is 0 Å². The molecular weight excluding hydrogens is 392 g/mol. The van der Waals surface area contributed by atoms with E-state index < -0.39 is 0 Å². The van der Waals surface area contributed by atoms with Gasteiger partial charge in [-0.15, -0.1) is 0 Å². The van der Waals surface area contributed by atoms with Gasteiger partial charge in [-0.25, -0.2) is 4.98 Å². The number of benzene rings is 2. The molecule has 0 amide bonds. The van der Waals surface area contributed by atoms with E-state index in [0.717, 1.165) is 53.0 Å². The Kier molecular flexibility index (Phi) is 5.80. The van der Waals surface area contributed by atoms with E-state index in [1.807, 2.05) is 30.3 Å².